The molecule has 82 valence electrons. The van der Waals surface area contributed by atoms with Crippen LogP contribution in [0.15, 0.2) is 0 Å². The summed E-state index contributed by atoms with van der Waals surface area (Å²) in [6.45, 7) is 4.52. The van der Waals surface area contributed by atoms with Gasteiger partial charge >= 0.3 is 0 Å². The molecule has 1 rings (SSSR count). The number of carbonyl (C=O) groups excluding carboxylic acids is 1. The molecular formula is C10H19NO3. The first-order valence-electron chi connectivity index (χ1n) is 5.21. The van der Waals surface area contributed by atoms with E-state index in [2.05, 4.69) is 5.32 Å². The molecule has 1 amide bonds. The molecule has 1 saturated heterocycles. The highest BCUT2D eigenvalue weighted by Crippen LogP contribution is 2.20. The van der Waals surface area contributed by atoms with Gasteiger partial charge in [-0.25, -0.2) is 0 Å². The van der Waals surface area contributed by atoms with Gasteiger partial charge in [-0.3, -0.25) is 4.79 Å². The molecule has 0 radical (unpaired) electrons. The highest BCUT2D eigenvalue weighted by atomic mass is 16.5. The Morgan fingerprint density at radius 2 is 2.43 bits per heavy atom. The minimum Gasteiger partial charge on any atom is -0.394 e. The summed E-state index contributed by atoms with van der Waals surface area (Å²) in [6, 6.07) is -0.115. The summed E-state index contributed by atoms with van der Waals surface area (Å²) in [5.41, 5.74) is 0. The number of hydrogen-bond donors (Lipinski definition) is 2. The van der Waals surface area contributed by atoms with Crippen molar-refractivity contribution in [2.24, 2.45) is 5.92 Å². The first-order chi connectivity index (χ1) is 6.69. The molecule has 0 aromatic carbocycles. The van der Waals surface area contributed by atoms with E-state index in [1.54, 1.807) is 0 Å². The lowest BCUT2D eigenvalue weighted by atomic mass is 10.0. The zero-order chi connectivity index (χ0) is 10.6. The zero-order valence-corrected chi connectivity index (χ0v) is 8.82. The van der Waals surface area contributed by atoms with E-state index in [9.17, 15) is 4.79 Å². The molecule has 2 N–H and O–H groups in total. The van der Waals surface area contributed by atoms with Crippen molar-refractivity contribution in [3.63, 3.8) is 0 Å². The van der Waals surface area contributed by atoms with Gasteiger partial charge in [-0.1, -0.05) is 6.92 Å². The standard InChI is InChI=1S/C10H19NO3/c1-3-8(6-12)11-10(13)9-4-5-14-7(9)2/h7-9,12H,3-6H2,1-2H3,(H,11,13). The third kappa shape index (κ3) is 2.69. The average molecular weight is 201 g/mol. The Balaban J connectivity index is 2.40. The maximum absolute atomic E-state index is 11.7. The van der Waals surface area contributed by atoms with Crippen molar-refractivity contribution in [1.82, 2.24) is 5.32 Å². The van der Waals surface area contributed by atoms with Gasteiger partial charge in [-0.2, -0.15) is 0 Å². The Labute approximate surface area is 84.6 Å². The minimum atomic E-state index is -0.115. The second kappa shape index (κ2) is 5.32. The van der Waals surface area contributed by atoms with Gasteiger partial charge in [-0.05, 0) is 19.8 Å². The second-order valence-corrected chi connectivity index (χ2v) is 3.77. The predicted octanol–water partition coefficient (Wildman–Crippen LogP) is 0.298. The van der Waals surface area contributed by atoms with Crippen LogP contribution in [0.5, 0.6) is 0 Å². The first kappa shape index (κ1) is 11.5. The van der Waals surface area contributed by atoms with E-state index in [1.165, 1.54) is 0 Å². The lowest BCUT2D eigenvalue weighted by Gasteiger charge is -2.18. The number of ether oxygens (including phenoxy) is 1. The first-order valence-corrected chi connectivity index (χ1v) is 5.21. The van der Waals surface area contributed by atoms with Crippen LogP contribution in [0.4, 0.5) is 0 Å². The molecule has 3 atom stereocenters. The van der Waals surface area contributed by atoms with E-state index in [1.807, 2.05) is 13.8 Å². The summed E-state index contributed by atoms with van der Waals surface area (Å²) >= 11 is 0. The summed E-state index contributed by atoms with van der Waals surface area (Å²) in [7, 11) is 0. The van der Waals surface area contributed by atoms with Crippen molar-refractivity contribution in [3.8, 4) is 0 Å². The predicted molar refractivity (Wildman–Crippen MR) is 52.8 cm³/mol. The molecule has 1 heterocycles. The number of aliphatic hydroxyl groups is 1. The van der Waals surface area contributed by atoms with Gasteiger partial charge in [-0.15, -0.1) is 0 Å². The number of hydrogen-bond acceptors (Lipinski definition) is 3. The van der Waals surface area contributed by atoms with E-state index < -0.39 is 0 Å². The molecule has 4 nitrogen and oxygen atoms in total. The number of nitrogens with one attached hydrogen (secondary N) is 1. The highest BCUT2D eigenvalue weighted by molar-refractivity contribution is 5.79. The normalized spacial score (nSPS) is 28.8. The van der Waals surface area contributed by atoms with Crippen molar-refractivity contribution >= 4 is 5.91 Å². The van der Waals surface area contributed by atoms with Crippen LogP contribution in [0, 0.1) is 5.92 Å². The minimum absolute atomic E-state index is 0.00416. The summed E-state index contributed by atoms with van der Waals surface area (Å²) in [5, 5.41) is 11.8. The molecule has 4 heteroatoms. The van der Waals surface area contributed by atoms with Gasteiger partial charge in [0.05, 0.1) is 24.7 Å². The molecule has 0 aromatic heterocycles. The molecule has 0 saturated carbocycles. The van der Waals surface area contributed by atoms with E-state index in [4.69, 9.17) is 9.84 Å². The number of carbonyl (C=O) groups is 1. The molecule has 1 aliphatic rings. The molecule has 0 aliphatic carbocycles. The molecular weight excluding hydrogens is 182 g/mol. The Hall–Kier alpha value is -0.610. The van der Waals surface area contributed by atoms with Crippen LogP contribution >= 0.6 is 0 Å². The maximum atomic E-state index is 11.7. The Morgan fingerprint density at radius 3 is 2.86 bits per heavy atom. The maximum Gasteiger partial charge on any atom is 0.226 e. The average Bonchev–Trinajstić information content (AvgIpc) is 2.60. The Bertz CT molecular complexity index is 192. The van der Waals surface area contributed by atoms with Crippen LogP contribution in [-0.4, -0.2) is 36.4 Å². The Morgan fingerprint density at radius 1 is 1.71 bits per heavy atom. The van der Waals surface area contributed by atoms with Crippen LogP contribution in [0.2, 0.25) is 0 Å². The van der Waals surface area contributed by atoms with E-state index in [0.29, 0.717) is 6.61 Å². The number of aliphatic hydroxyl groups excluding tert-OH is 1. The fourth-order valence-electron chi connectivity index (χ4n) is 1.66. The summed E-state index contributed by atoms with van der Waals surface area (Å²) in [5.74, 6) is -0.0356. The number of rotatable bonds is 4. The van der Waals surface area contributed by atoms with Gasteiger partial charge in [0.25, 0.3) is 0 Å². The van der Waals surface area contributed by atoms with Crippen molar-refractivity contribution < 1.29 is 14.6 Å². The van der Waals surface area contributed by atoms with Gasteiger partial charge in [0, 0.05) is 6.61 Å². The topological polar surface area (TPSA) is 58.6 Å². The Kier molecular flexibility index (Phi) is 4.35. The van der Waals surface area contributed by atoms with Crippen LogP contribution < -0.4 is 5.32 Å². The van der Waals surface area contributed by atoms with Crippen molar-refractivity contribution in [2.45, 2.75) is 38.8 Å². The van der Waals surface area contributed by atoms with E-state index in [-0.39, 0.29) is 30.6 Å². The quantitative estimate of drug-likeness (QED) is 0.687. The van der Waals surface area contributed by atoms with Crippen molar-refractivity contribution in [2.75, 3.05) is 13.2 Å². The summed E-state index contributed by atoms with van der Waals surface area (Å²) in [4.78, 5) is 11.7. The van der Waals surface area contributed by atoms with Crippen LogP contribution in [0.25, 0.3) is 0 Å². The van der Waals surface area contributed by atoms with Gasteiger partial charge in [0.15, 0.2) is 0 Å². The molecule has 0 aromatic rings. The zero-order valence-electron chi connectivity index (χ0n) is 8.82. The lowest BCUT2D eigenvalue weighted by Crippen LogP contribution is -2.42. The smallest absolute Gasteiger partial charge is 0.226 e. The fourth-order valence-corrected chi connectivity index (χ4v) is 1.66. The van der Waals surface area contributed by atoms with E-state index in [0.717, 1.165) is 12.8 Å². The largest absolute Gasteiger partial charge is 0.394 e. The van der Waals surface area contributed by atoms with Gasteiger partial charge in [0.1, 0.15) is 0 Å². The molecule has 1 fully saturated rings. The van der Waals surface area contributed by atoms with Gasteiger partial charge in [0.2, 0.25) is 5.91 Å². The summed E-state index contributed by atoms with van der Waals surface area (Å²) < 4.78 is 5.31. The third-order valence-electron chi connectivity index (χ3n) is 2.77. The third-order valence-corrected chi connectivity index (χ3v) is 2.77. The molecule has 0 bridgehead atoms. The van der Waals surface area contributed by atoms with Crippen molar-refractivity contribution in [1.29, 1.82) is 0 Å². The van der Waals surface area contributed by atoms with E-state index >= 15 is 0 Å². The monoisotopic (exact) mass is 201 g/mol. The van der Waals surface area contributed by atoms with Crippen molar-refractivity contribution in [3.05, 3.63) is 0 Å². The SMILES string of the molecule is CCC(CO)NC(=O)C1CCOC1C. The fraction of sp³-hybridized carbons (Fsp3) is 0.900. The molecule has 14 heavy (non-hydrogen) atoms. The lowest BCUT2D eigenvalue weighted by molar-refractivity contribution is -0.127. The summed E-state index contributed by atoms with van der Waals surface area (Å²) in [6.07, 6.45) is 1.55. The van der Waals surface area contributed by atoms with Crippen LogP contribution in [0.1, 0.15) is 26.7 Å². The van der Waals surface area contributed by atoms with Crippen LogP contribution in [-0.2, 0) is 9.53 Å². The van der Waals surface area contributed by atoms with Crippen LogP contribution in [0.3, 0.4) is 0 Å². The molecule has 0 spiro atoms. The van der Waals surface area contributed by atoms with Gasteiger partial charge < -0.3 is 15.2 Å². The highest BCUT2D eigenvalue weighted by Gasteiger charge is 2.31. The number of amides is 1. The molecule has 1 aliphatic heterocycles. The molecule has 3 unspecified atom stereocenters. The second-order valence-electron chi connectivity index (χ2n) is 3.77.